The van der Waals surface area contributed by atoms with E-state index in [2.05, 4.69) is 25.8 Å². The monoisotopic (exact) mass is 243 g/mol. The van der Waals surface area contributed by atoms with E-state index in [0.717, 1.165) is 29.3 Å². The van der Waals surface area contributed by atoms with Crippen LogP contribution in [0.2, 0.25) is 0 Å². The second-order valence-corrected chi connectivity index (χ2v) is 6.07. The predicted octanol–water partition coefficient (Wildman–Crippen LogP) is 4.09. The van der Waals surface area contributed by atoms with Crippen molar-refractivity contribution in [3.8, 4) is 0 Å². The third-order valence-corrected chi connectivity index (χ3v) is 3.18. The molecule has 2 aromatic rings. The van der Waals surface area contributed by atoms with Crippen LogP contribution in [0.4, 0.5) is 0 Å². The summed E-state index contributed by atoms with van der Waals surface area (Å²) in [5, 5.41) is 11.3. The van der Waals surface area contributed by atoms with Gasteiger partial charge in [0.15, 0.2) is 0 Å². The van der Waals surface area contributed by atoms with Crippen molar-refractivity contribution in [3.63, 3.8) is 0 Å². The van der Waals surface area contributed by atoms with E-state index in [1.165, 1.54) is 0 Å². The number of aromatic nitrogens is 1. The molecule has 0 fully saturated rings. The number of nitrogens with zero attached hydrogens (tertiary/aromatic N) is 1. The number of rotatable bonds is 3. The number of benzene rings is 1. The Morgan fingerprint density at radius 3 is 2.72 bits per heavy atom. The van der Waals surface area contributed by atoms with Gasteiger partial charge >= 0.3 is 0 Å². The van der Waals surface area contributed by atoms with Gasteiger partial charge in [0.2, 0.25) is 0 Å². The molecule has 2 heteroatoms. The summed E-state index contributed by atoms with van der Waals surface area (Å²) in [6.07, 6.45) is 3.22. The lowest BCUT2D eigenvalue weighted by Crippen LogP contribution is -2.08. The molecule has 0 bridgehead atoms. The molecule has 1 aromatic carbocycles. The molecule has 1 N–H and O–H groups in total. The Bertz CT molecular complexity index is 528. The largest absolute Gasteiger partial charge is 0.388 e. The van der Waals surface area contributed by atoms with Crippen LogP contribution in [0, 0.1) is 5.41 Å². The van der Waals surface area contributed by atoms with Crippen molar-refractivity contribution < 1.29 is 5.11 Å². The molecule has 2 nitrogen and oxygen atoms in total. The standard InChI is InChI=1S/C16H21NO/c1-16(2,3)9-8-15(18)13-6-7-14-12(11-13)5-4-10-17-14/h4-7,10-11,15,18H,8-9H2,1-3H3. The number of hydrogen-bond acceptors (Lipinski definition) is 2. The Labute approximate surface area is 109 Å². The van der Waals surface area contributed by atoms with Crippen LogP contribution in [-0.2, 0) is 0 Å². The summed E-state index contributed by atoms with van der Waals surface area (Å²) in [4.78, 5) is 4.29. The number of pyridine rings is 1. The third-order valence-electron chi connectivity index (χ3n) is 3.18. The average Bonchev–Trinajstić information content (AvgIpc) is 2.34. The summed E-state index contributed by atoms with van der Waals surface area (Å²) < 4.78 is 0. The molecule has 0 amide bonds. The fourth-order valence-corrected chi connectivity index (χ4v) is 2.04. The minimum Gasteiger partial charge on any atom is -0.388 e. The molecule has 0 radical (unpaired) electrons. The highest BCUT2D eigenvalue weighted by Crippen LogP contribution is 2.28. The van der Waals surface area contributed by atoms with Crippen molar-refractivity contribution in [2.45, 2.75) is 39.7 Å². The predicted molar refractivity (Wildman–Crippen MR) is 75.4 cm³/mol. The Morgan fingerprint density at radius 1 is 1.22 bits per heavy atom. The van der Waals surface area contributed by atoms with Gasteiger partial charge < -0.3 is 5.11 Å². The first kappa shape index (κ1) is 13.0. The number of aliphatic hydroxyl groups excluding tert-OH is 1. The van der Waals surface area contributed by atoms with Gasteiger partial charge in [-0.25, -0.2) is 0 Å². The van der Waals surface area contributed by atoms with Crippen LogP contribution in [-0.4, -0.2) is 10.1 Å². The molecule has 0 spiro atoms. The Hall–Kier alpha value is -1.41. The first-order valence-corrected chi connectivity index (χ1v) is 6.48. The zero-order valence-electron chi connectivity index (χ0n) is 11.4. The van der Waals surface area contributed by atoms with Crippen LogP contribution in [0.3, 0.4) is 0 Å². The van der Waals surface area contributed by atoms with Crippen LogP contribution in [0.5, 0.6) is 0 Å². The molecule has 1 unspecified atom stereocenters. The van der Waals surface area contributed by atoms with E-state index < -0.39 is 0 Å². The van der Waals surface area contributed by atoms with E-state index in [1.807, 2.05) is 30.3 Å². The van der Waals surface area contributed by atoms with Crippen LogP contribution >= 0.6 is 0 Å². The zero-order valence-corrected chi connectivity index (χ0v) is 11.4. The summed E-state index contributed by atoms with van der Waals surface area (Å²) in [7, 11) is 0. The van der Waals surface area contributed by atoms with E-state index in [9.17, 15) is 5.11 Å². The van der Waals surface area contributed by atoms with Crippen molar-refractivity contribution >= 4 is 10.9 Å². The smallest absolute Gasteiger partial charge is 0.0790 e. The number of hydrogen-bond donors (Lipinski definition) is 1. The van der Waals surface area contributed by atoms with Crippen molar-refractivity contribution in [2.75, 3.05) is 0 Å². The average molecular weight is 243 g/mol. The van der Waals surface area contributed by atoms with E-state index in [0.29, 0.717) is 0 Å². The van der Waals surface area contributed by atoms with Crippen LogP contribution in [0.15, 0.2) is 36.5 Å². The minimum absolute atomic E-state index is 0.263. The van der Waals surface area contributed by atoms with Gasteiger partial charge in [0.25, 0.3) is 0 Å². The molecule has 0 aliphatic carbocycles. The number of aliphatic hydroxyl groups is 1. The molecule has 1 atom stereocenters. The van der Waals surface area contributed by atoms with Gasteiger partial charge in [-0.15, -0.1) is 0 Å². The van der Waals surface area contributed by atoms with Gasteiger partial charge in [-0.05, 0) is 42.0 Å². The Balaban J connectivity index is 2.15. The fourth-order valence-electron chi connectivity index (χ4n) is 2.04. The third kappa shape index (κ3) is 3.30. The van der Waals surface area contributed by atoms with Crippen LogP contribution in [0.1, 0.15) is 45.3 Å². The highest BCUT2D eigenvalue weighted by atomic mass is 16.3. The molecule has 1 aromatic heterocycles. The first-order valence-electron chi connectivity index (χ1n) is 6.48. The van der Waals surface area contributed by atoms with Gasteiger partial charge in [0, 0.05) is 11.6 Å². The Morgan fingerprint density at radius 2 is 2.00 bits per heavy atom. The zero-order chi connectivity index (χ0) is 13.2. The summed E-state index contributed by atoms with van der Waals surface area (Å²) in [6.45, 7) is 6.60. The molecular formula is C16H21NO. The molecular weight excluding hydrogens is 222 g/mol. The second-order valence-electron chi connectivity index (χ2n) is 6.07. The molecule has 96 valence electrons. The van der Waals surface area contributed by atoms with E-state index in [1.54, 1.807) is 6.20 Å². The first-order chi connectivity index (χ1) is 8.46. The van der Waals surface area contributed by atoms with Gasteiger partial charge in [0.05, 0.1) is 11.6 Å². The van der Waals surface area contributed by atoms with E-state index >= 15 is 0 Å². The highest BCUT2D eigenvalue weighted by molar-refractivity contribution is 5.78. The topological polar surface area (TPSA) is 33.1 Å². The van der Waals surface area contributed by atoms with Crippen LogP contribution < -0.4 is 0 Å². The highest BCUT2D eigenvalue weighted by Gasteiger charge is 2.15. The lowest BCUT2D eigenvalue weighted by Gasteiger charge is -2.20. The molecule has 18 heavy (non-hydrogen) atoms. The van der Waals surface area contributed by atoms with Gasteiger partial charge in [-0.1, -0.05) is 32.9 Å². The molecule has 0 saturated heterocycles. The number of fused-ring (bicyclic) bond motifs is 1. The summed E-state index contributed by atoms with van der Waals surface area (Å²) in [5.41, 5.74) is 2.23. The molecule has 1 heterocycles. The lowest BCUT2D eigenvalue weighted by molar-refractivity contribution is 0.147. The van der Waals surface area contributed by atoms with Crippen molar-refractivity contribution in [1.29, 1.82) is 0 Å². The molecule has 0 aliphatic rings. The van der Waals surface area contributed by atoms with Gasteiger partial charge in [-0.3, -0.25) is 4.98 Å². The van der Waals surface area contributed by atoms with E-state index in [4.69, 9.17) is 0 Å². The molecule has 0 saturated carbocycles. The van der Waals surface area contributed by atoms with Crippen molar-refractivity contribution in [3.05, 3.63) is 42.1 Å². The normalized spacial score (nSPS) is 13.8. The summed E-state index contributed by atoms with van der Waals surface area (Å²) in [5.74, 6) is 0. The second kappa shape index (κ2) is 5.07. The maximum atomic E-state index is 10.2. The fraction of sp³-hybridized carbons (Fsp3) is 0.438. The van der Waals surface area contributed by atoms with Crippen molar-refractivity contribution in [1.82, 2.24) is 4.98 Å². The SMILES string of the molecule is CC(C)(C)CCC(O)c1ccc2ncccc2c1. The quantitative estimate of drug-likeness (QED) is 0.880. The molecule has 0 aliphatic heterocycles. The van der Waals surface area contributed by atoms with Gasteiger partial charge in [-0.2, -0.15) is 0 Å². The Kier molecular flexibility index (Phi) is 3.67. The summed E-state index contributed by atoms with van der Waals surface area (Å²) in [6, 6.07) is 9.94. The van der Waals surface area contributed by atoms with Crippen molar-refractivity contribution in [2.24, 2.45) is 5.41 Å². The van der Waals surface area contributed by atoms with Gasteiger partial charge in [0.1, 0.15) is 0 Å². The lowest BCUT2D eigenvalue weighted by atomic mass is 9.88. The maximum absolute atomic E-state index is 10.2. The maximum Gasteiger partial charge on any atom is 0.0790 e. The summed E-state index contributed by atoms with van der Waals surface area (Å²) >= 11 is 0. The minimum atomic E-state index is -0.381. The molecule has 2 rings (SSSR count). The van der Waals surface area contributed by atoms with Crippen LogP contribution in [0.25, 0.3) is 10.9 Å². The van der Waals surface area contributed by atoms with E-state index in [-0.39, 0.29) is 11.5 Å².